The van der Waals surface area contributed by atoms with E-state index in [1.54, 1.807) is 0 Å². The van der Waals surface area contributed by atoms with Gasteiger partial charge in [0, 0.05) is 49.7 Å². The standard InChI is InChI=1S/C8H17Cl4N2OP/c9-1-5-13(6-2-10)16(15)14(7-3-11)8-4-12/h15H,1-8H2. The van der Waals surface area contributed by atoms with Crippen molar-refractivity contribution in [3.8, 4) is 0 Å². The first-order valence-corrected chi connectivity index (χ1v) is 8.27. The normalized spacial score (nSPS) is 12.0. The summed E-state index contributed by atoms with van der Waals surface area (Å²) >= 11 is 22.7. The predicted molar refractivity (Wildman–Crippen MR) is 75.2 cm³/mol. The van der Waals surface area contributed by atoms with Crippen LogP contribution < -0.4 is 0 Å². The van der Waals surface area contributed by atoms with Gasteiger partial charge in [-0.25, -0.2) is 9.34 Å². The fourth-order valence-corrected chi connectivity index (χ4v) is 3.91. The molecule has 1 N–H and O–H groups in total. The smallest absolute Gasteiger partial charge is 0.185 e. The van der Waals surface area contributed by atoms with Crippen LogP contribution >= 0.6 is 54.9 Å². The Morgan fingerprint density at radius 1 is 0.688 bits per heavy atom. The maximum absolute atomic E-state index is 10.2. The molecule has 0 aromatic heterocycles. The molecule has 16 heavy (non-hydrogen) atoms. The molecule has 0 aliphatic heterocycles. The van der Waals surface area contributed by atoms with Gasteiger partial charge in [-0.1, -0.05) is 0 Å². The number of hydrogen-bond acceptors (Lipinski definition) is 3. The van der Waals surface area contributed by atoms with E-state index in [4.69, 9.17) is 46.4 Å². The molecule has 0 saturated carbocycles. The van der Waals surface area contributed by atoms with Crippen molar-refractivity contribution < 1.29 is 4.89 Å². The van der Waals surface area contributed by atoms with E-state index in [0.717, 1.165) is 0 Å². The summed E-state index contributed by atoms with van der Waals surface area (Å²) in [6.45, 7) is 2.43. The van der Waals surface area contributed by atoms with Crippen molar-refractivity contribution in [1.29, 1.82) is 0 Å². The lowest BCUT2D eigenvalue weighted by atomic mass is 10.6. The molecule has 0 saturated heterocycles. The summed E-state index contributed by atoms with van der Waals surface area (Å²) in [5, 5.41) is 0. The molecule has 0 unspecified atom stereocenters. The second-order valence-corrected chi connectivity index (χ2v) is 6.11. The van der Waals surface area contributed by atoms with Crippen molar-refractivity contribution in [3.63, 3.8) is 0 Å². The van der Waals surface area contributed by atoms with E-state index < -0.39 is 8.45 Å². The molecule has 0 radical (unpaired) electrons. The van der Waals surface area contributed by atoms with Crippen LogP contribution in [0.25, 0.3) is 0 Å². The van der Waals surface area contributed by atoms with Gasteiger partial charge < -0.3 is 4.89 Å². The molecule has 0 rings (SSSR count). The molecule has 0 fully saturated rings. The van der Waals surface area contributed by atoms with Crippen LogP contribution in [0.3, 0.4) is 0 Å². The minimum atomic E-state index is -1.40. The molecule has 0 amide bonds. The van der Waals surface area contributed by atoms with Crippen LogP contribution in [-0.2, 0) is 0 Å². The van der Waals surface area contributed by atoms with E-state index in [0.29, 0.717) is 49.7 Å². The lowest BCUT2D eigenvalue weighted by Crippen LogP contribution is -2.33. The second-order valence-electron chi connectivity index (χ2n) is 2.93. The highest BCUT2D eigenvalue weighted by molar-refractivity contribution is 7.46. The van der Waals surface area contributed by atoms with Crippen LogP contribution in [0.1, 0.15) is 0 Å². The quantitative estimate of drug-likeness (QED) is 0.493. The zero-order chi connectivity index (χ0) is 12.4. The summed E-state index contributed by atoms with van der Waals surface area (Å²) in [5.74, 6) is 1.86. The first kappa shape index (κ1) is 17.5. The van der Waals surface area contributed by atoms with Gasteiger partial charge in [0.05, 0.1) is 0 Å². The van der Waals surface area contributed by atoms with Gasteiger partial charge in [-0.2, -0.15) is 0 Å². The number of rotatable bonds is 10. The molecular formula is C8H17Cl4N2OP. The van der Waals surface area contributed by atoms with Crippen molar-refractivity contribution in [1.82, 2.24) is 9.34 Å². The van der Waals surface area contributed by atoms with E-state index in [2.05, 4.69) is 0 Å². The third kappa shape index (κ3) is 7.03. The Balaban J connectivity index is 4.31. The van der Waals surface area contributed by atoms with Gasteiger partial charge in [-0.05, 0) is 0 Å². The largest absolute Gasteiger partial charge is 0.347 e. The lowest BCUT2D eigenvalue weighted by molar-refractivity contribution is 0.359. The van der Waals surface area contributed by atoms with Crippen LogP contribution in [0.4, 0.5) is 0 Å². The fourth-order valence-electron chi connectivity index (χ4n) is 1.15. The highest BCUT2D eigenvalue weighted by Crippen LogP contribution is 2.39. The molecule has 3 nitrogen and oxygen atoms in total. The van der Waals surface area contributed by atoms with Crippen molar-refractivity contribution in [2.45, 2.75) is 0 Å². The van der Waals surface area contributed by atoms with Crippen molar-refractivity contribution in [2.24, 2.45) is 0 Å². The van der Waals surface area contributed by atoms with Gasteiger partial charge >= 0.3 is 0 Å². The monoisotopic (exact) mass is 328 g/mol. The van der Waals surface area contributed by atoms with Gasteiger partial charge in [-0.15, -0.1) is 46.4 Å². The lowest BCUT2D eigenvalue weighted by Gasteiger charge is -2.33. The highest BCUT2D eigenvalue weighted by atomic mass is 35.5. The van der Waals surface area contributed by atoms with Crippen LogP contribution in [0.2, 0.25) is 0 Å². The SMILES string of the molecule is OP(N(CCCl)CCCl)N(CCCl)CCCl. The Kier molecular flexibility index (Phi) is 12.6. The maximum Gasteiger partial charge on any atom is 0.185 e. The van der Waals surface area contributed by atoms with E-state index in [-0.39, 0.29) is 0 Å². The zero-order valence-electron chi connectivity index (χ0n) is 8.96. The third-order valence-electron chi connectivity index (χ3n) is 1.88. The number of halogens is 4. The van der Waals surface area contributed by atoms with E-state index in [1.165, 1.54) is 0 Å². The van der Waals surface area contributed by atoms with Crippen molar-refractivity contribution in [2.75, 3.05) is 49.7 Å². The number of nitrogens with zero attached hydrogens (tertiary/aromatic N) is 2. The first-order chi connectivity index (χ1) is 7.71. The molecule has 98 valence electrons. The molecule has 8 heteroatoms. The summed E-state index contributed by atoms with van der Waals surface area (Å²) in [6.07, 6.45) is 0. The van der Waals surface area contributed by atoms with Crippen LogP contribution in [0, 0.1) is 0 Å². The predicted octanol–water partition coefficient (Wildman–Crippen LogP) is 2.76. The topological polar surface area (TPSA) is 26.7 Å². The van der Waals surface area contributed by atoms with Gasteiger partial charge in [0.25, 0.3) is 0 Å². The van der Waals surface area contributed by atoms with Crippen LogP contribution in [-0.4, -0.2) is 63.9 Å². The average molecular weight is 330 g/mol. The molecule has 0 aliphatic rings. The van der Waals surface area contributed by atoms with Gasteiger partial charge in [0.15, 0.2) is 8.45 Å². The van der Waals surface area contributed by atoms with Gasteiger partial charge in [0.1, 0.15) is 0 Å². The Bertz CT molecular complexity index is 141. The third-order valence-corrected chi connectivity index (χ3v) is 4.36. The fraction of sp³-hybridized carbons (Fsp3) is 1.00. The minimum absolute atomic E-state index is 0.464. The molecule has 0 aromatic carbocycles. The van der Waals surface area contributed by atoms with Crippen molar-refractivity contribution in [3.05, 3.63) is 0 Å². The minimum Gasteiger partial charge on any atom is -0.347 e. The maximum atomic E-state index is 10.2. The number of alkyl halides is 4. The molecule has 0 aliphatic carbocycles. The molecule has 0 spiro atoms. The van der Waals surface area contributed by atoms with E-state index in [9.17, 15) is 4.89 Å². The highest BCUT2D eigenvalue weighted by Gasteiger charge is 2.22. The molecule has 0 heterocycles. The molecule has 0 atom stereocenters. The van der Waals surface area contributed by atoms with E-state index in [1.807, 2.05) is 9.34 Å². The first-order valence-electron chi connectivity index (χ1n) is 4.93. The van der Waals surface area contributed by atoms with Crippen LogP contribution in [0.15, 0.2) is 0 Å². The Hall–Kier alpha value is 1.47. The summed E-state index contributed by atoms with van der Waals surface area (Å²) in [5.41, 5.74) is 0. The second kappa shape index (κ2) is 11.6. The molecular weight excluding hydrogens is 313 g/mol. The summed E-state index contributed by atoms with van der Waals surface area (Å²) in [7, 11) is -1.40. The Morgan fingerprint density at radius 3 is 1.12 bits per heavy atom. The van der Waals surface area contributed by atoms with Crippen LogP contribution in [0.5, 0.6) is 0 Å². The number of hydrogen-bond donors (Lipinski definition) is 1. The summed E-state index contributed by atoms with van der Waals surface area (Å²) in [4.78, 5) is 10.2. The Morgan fingerprint density at radius 2 is 0.938 bits per heavy atom. The Labute approximate surface area is 119 Å². The molecule has 0 aromatic rings. The summed E-state index contributed by atoms with van der Waals surface area (Å²) < 4.78 is 3.74. The van der Waals surface area contributed by atoms with Gasteiger partial charge in [0.2, 0.25) is 0 Å². The summed E-state index contributed by atoms with van der Waals surface area (Å²) in [6, 6.07) is 0. The zero-order valence-corrected chi connectivity index (χ0v) is 12.9. The van der Waals surface area contributed by atoms with Crippen molar-refractivity contribution >= 4 is 54.9 Å². The molecule has 0 bridgehead atoms. The average Bonchev–Trinajstić information content (AvgIpc) is 2.27. The van der Waals surface area contributed by atoms with E-state index >= 15 is 0 Å². The van der Waals surface area contributed by atoms with Gasteiger partial charge in [-0.3, -0.25) is 0 Å².